The lowest BCUT2D eigenvalue weighted by Crippen LogP contribution is -2.14. The van der Waals surface area contributed by atoms with E-state index < -0.39 is 10.8 Å². The number of aromatic hydroxyl groups is 1. The third-order valence-electron chi connectivity index (χ3n) is 3.63. The Morgan fingerprint density at radius 3 is 2.38 bits per heavy atom. The van der Waals surface area contributed by atoms with Gasteiger partial charge in [-0.3, -0.25) is 14.9 Å². The molecular weight excluding hydrogens is 332 g/mol. The van der Waals surface area contributed by atoms with Gasteiger partial charge in [-0.25, -0.2) is 0 Å². The Bertz CT molecular complexity index is 801. The number of amides is 1. The summed E-state index contributed by atoms with van der Waals surface area (Å²) in [6.07, 6.45) is 0. The van der Waals surface area contributed by atoms with Gasteiger partial charge in [0.25, 0.3) is 11.6 Å². The summed E-state index contributed by atoms with van der Waals surface area (Å²) in [6.45, 7) is 5.49. The van der Waals surface area contributed by atoms with Gasteiger partial charge in [0.05, 0.1) is 9.95 Å². The van der Waals surface area contributed by atoms with Gasteiger partial charge < -0.3 is 10.4 Å². The van der Waals surface area contributed by atoms with E-state index in [1.165, 1.54) is 24.3 Å². The molecule has 0 saturated carbocycles. The molecule has 126 valence electrons. The summed E-state index contributed by atoms with van der Waals surface area (Å²) in [5.41, 5.74) is 1.89. The van der Waals surface area contributed by atoms with E-state index in [0.29, 0.717) is 16.8 Å². The average molecular weight is 349 g/mol. The molecule has 0 bridgehead atoms. The van der Waals surface area contributed by atoms with E-state index in [1.807, 2.05) is 13.8 Å². The standard InChI is InChI=1S/C17H17ClN2O4/c1-9(2)14-13(8-10(3)16(21)15(14)18)19-17(22)11-4-6-12(7-5-11)20(23)24/h4-9,21H,1-3H3,(H,19,22). The number of carbonyl (C=O) groups is 1. The number of nitrogens with one attached hydrogen (secondary N) is 1. The van der Waals surface area contributed by atoms with Crippen LogP contribution in [0.3, 0.4) is 0 Å². The highest BCUT2D eigenvalue weighted by Gasteiger charge is 2.19. The molecule has 2 aromatic carbocycles. The zero-order valence-electron chi connectivity index (χ0n) is 13.5. The number of benzene rings is 2. The minimum Gasteiger partial charge on any atom is -0.506 e. The van der Waals surface area contributed by atoms with Crippen molar-refractivity contribution in [3.63, 3.8) is 0 Å². The smallest absolute Gasteiger partial charge is 0.269 e. The van der Waals surface area contributed by atoms with Crippen LogP contribution in [-0.4, -0.2) is 15.9 Å². The number of hydrogen-bond donors (Lipinski definition) is 2. The Morgan fingerprint density at radius 1 is 1.29 bits per heavy atom. The second kappa shape index (κ2) is 6.88. The first-order chi connectivity index (χ1) is 11.2. The van der Waals surface area contributed by atoms with E-state index in [-0.39, 0.29) is 27.9 Å². The first-order valence-electron chi connectivity index (χ1n) is 7.30. The molecule has 24 heavy (non-hydrogen) atoms. The molecule has 0 aromatic heterocycles. The summed E-state index contributed by atoms with van der Waals surface area (Å²) in [5, 5.41) is 23.6. The second-order valence-electron chi connectivity index (χ2n) is 5.73. The van der Waals surface area contributed by atoms with Gasteiger partial charge in [0.1, 0.15) is 5.75 Å². The number of phenols is 1. The third kappa shape index (κ3) is 3.49. The molecule has 2 rings (SSSR count). The molecule has 0 heterocycles. The Labute approximate surface area is 144 Å². The summed E-state index contributed by atoms with van der Waals surface area (Å²) in [4.78, 5) is 22.5. The summed E-state index contributed by atoms with van der Waals surface area (Å²) < 4.78 is 0. The lowest BCUT2D eigenvalue weighted by Gasteiger charge is -2.18. The largest absolute Gasteiger partial charge is 0.506 e. The molecule has 0 saturated heterocycles. The predicted molar refractivity (Wildman–Crippen MR) is 93.0 cm³/mol. The van der Waals surface area contributed by atoms with Gasteiger partial charge >= 0.3 is 0 Å². The summed E-state index contributed by atoms with van der Waals surface area (Å²) in [7, 11) is 0. The highest BCUT2D eigenvalue weighted by molar-refractivity contribution is 6.33. The molecule has 0 unspecified atom stereocenters. The Kier molecular flexibility index (Phi) is 5.09. The molecular formula is C17H17ClN2O4. The summed E-state index contributed by atoms with van der Waals surface area (Å²) >= 11 is 6.21. The molecule has 7 heteroatoms. The third-order valence-corrected chi connectivity index (χ3v) is 4.02. The zero-order valence-corrected chi connectivity index (χ0v) is 14.2. The number of anilines is 1. The van der Waals surface area contributed by atoms with Crippen LogP contribution in [0.1, 0.15) is 41.3 Å². The number of nitro groups is 1. The van der Waals surface area contributed by atoms with Crippen molar-refractivity contribution in [1.29, 1.82) is 0 Å². The molecule has 2 N–H and O–H groups in total. The Hall–Kier alpha value is -2.60. The number of non-ortho nitro benzene ring substituents is 1. The number of aryl methyl sites for hydroxylation is 1. The lowest BCUT2D eigenvalue weighted by molar-refractivity contribution is -0.384. The van der Waals surface area contributed by atoms with E-state index in [1.54, 1.807) is 13.0 Å². The summed E-state index contributed by atoms with van der Waals surface area (Å²) in [5.74, 6) is -0.433. The van der Waals surface area contributed by atoms with Crippen molar-refractivity contribution in [2.24, 2.45) is 0 Å². The monoisotopic (exact) mass is 348 g/mol. The normalized spacial score (nSPS) is 10.7. The molecule has 0 spiro atoms. The predicted octanol–water partition coefficient (Wildman–Crippen LogP) is 4.64. The number of halogens is 1. The van der Waals surface area contributed by atoms with Gasteiger partial charge in [-0.05, 0) is 36.6 Å². The molecule has 0 aliphatic heterocycles. The van der Waals surface area contributed by atoms with Gasteiger partial charge in [0.2, 0.25) is 0 Å². The van der Waals surface area contributed by atoms with Crippen molar-refractivity contribution in [3.05, 3.63) is 62.2 Å². The Morgan fingerprint density at radius 2 is 1.88 bits per heavy atom. The number of hydrogen-bond acceptors (Lipinski definition) is 4. The van der Waals surface area contributed by atoms with E-state index >= 15 is 0 Å². The van der Waals surface area contributed by atoms with Gasteiger partial charge in [-0.15, -0.1) is 0 Å². The maximum absolute atomic E-state index is 12.4. The van der Waals surface area contributed by atoms with Crippen molar-refractivity contribution in [3.8, 4) is 5.75 Å². The fraction of sp³-hybridized carbons (Fsp3) is 0.235. The van der Waals surface area contributed by atoms with Crippen LogP contribution in [0.4, 0.5) is 11.4 Å². The van der Waals surface area contributed by atoms with Crippen molar-refractivity contribution in [2.45, 2.75) is 26.7 Å². The maximum Gasteiger partial charge on any atom is 0.269 e. The van der Waals surface area contributed by atoms with Crippen LogP contribution in [0.5, 0.6) is 5.75 Å². The Balaban J connectivity index is 2.36. The van der Waals surface area contributed by atoms with E-state index in [2.05, 4.69) is 5.32 Å². The molecule has 0 fully saturated rings. The molecule has 0 aliphatic rings. The van der Waals surface area contributed by atoms with Gasteiger partial charge in [-0.1, -0.05) is 25.4 Å². The number of nitrogens with zero attached hydrogens (tertiary/aromatic N) is 1. The first-order valence-corrected chi connectivity index (χ1v) is 7.68. The number of rotatable bonds is 4. The van der Waals surface area contributed by atoms with Crippen LogP contribution in [0.2, 0.25) is 5.02 Å². The quantitative estimate of drug-likeness (QED) is 0.478. The number of nitro benzene ring substituents is 1. The molecule has 0 radical (unpaired) electrons. The van der Waals surface area contributed by atoms with Crippen molar-refractivity contribution < 1.29 is 14.8 Å². The number of carbonyl (C=O) groups excluding carboxylic acids is 1. The second-order valence-corrected chi connectivity index (χ2v) is 6.11. The topological polar surface area (TPSA) is 92.5 Å². The average Bonchev–Trinajstić information content (AvgIpc) is 2.52. The van der Waals surface area contributed by atoms with Crippen molar-refractivity contribution >= 4 is 28.9 Å². The van der Waals surface area contributed by atoms with Gasteiger partial charge in [0, 0.05) is 28.9 Å². The fourth-order valence-electron chi connectivity index (χ4n) is 2.38. The van der Waals surface area contributed by atoms with Crippen LogP contribution in [-0.2, 0) is 0 Å². The lowest BCUT2D eigenvalue weighted by atomic mass is 9.98. The highest BCUT2D eigenvalue weighted by atomic mass is 35.5. The van der Waals surface area contributed by atoms with Crippen molar-refractivity contribution in [1.82, 2.24) is 0 Å². The maximum atomic E-state index is 12.4. The van der Waals surface area contributed by atoms with Crippen LogP contribution < -0.4 is 5.32 Å². The van der Waals surface area contributed by atoms with E-state index in [9.17, 15) is 20.0 Å². The van der Waals surface area contributed by atoms with E-state index in [0.717, 1.165) is 0 Å². The van der Waals surface area contributed by atoms with Gasteiger partial charge in [-0.2, -0.15) is 0 Å². The molecule has 0 atom stereocenters. The molecule has 2 aromatic rings. The van der Waals surface area contributed by atoms with Crippen LogP contribution in [0, 0.1) is 17.0 Å². The summed E-state index contributed by atoms with van der Waals surface area (Å²) in [6, 6.07) is 6.97. The zero-order chi connectivity index (χ0) is 18.0. The molecule has 0 aliphatic carbocycles. The highest BCUT2D eigenvalue weighted by Crippen LogP contribution is 2.40. The minimum absolute atomic E-state index is 0.00583. The molecule has 6 nitrogen and oxygen atoms in total. The van der Waals surface area contributed by atoms with Crippen molar-refractivity contribution in [2.75, 3.05) is 5.32 Å². The van der Waals surface area contributed by atoms with Crippen LogP contribution >= 0.6 is 11.6 Å². The molecule has 1 amide bonds. The van der Waals surface area contributed by atoms with Gasteiger partial charge in [0.15, 0.2) is 0 Å². The van der Waals surface area contributed by atoms with E-state index in [4.69, 9.17) is 11.6 Å². The first kappa shape index (κ1) is 17.7. The number of phenolic OH excluding ortho intramolecular Hbond substituents is 1. The fourth-order valence-corrected chi connectivity index (χ4v) is 2.85. The SMILES string of the molecule is Cc1cc(NC(=O)c2ccc([N+](=O)[O-])cc2)c(C(C)C)c(Cl)c1O. The minimum atomic E-state index is -0.526. The van der Waals surface area contributed by atoms with Crippen LogP contribution in [0.25, 0.3) is 0 Å². The van der Waals surface area contributed by atoms with Crippen LogP contribution in [0.15, 0.2) is 30.3 Å².